The number of hydrogen-bond acceptors (Lipinski definition) is 4. The van der Waals surface area contributed by atoms with Crippen molar-refractivity contribution in [3.05, 3.63) is 75.5 Å². The Kier molecular flexibility index (Phi) is 6.14. The number of hydrogen-bond donors (Lipinski definition) is 1. The number of benzene rings is 2. The molecule has 0 aliphatic rings. The molecule has 0 saturated carbocycles. The highest BCUT2D eigenvalue weighted by atomic mass is 32.1. The summed E-state index contributed by atoms with van der Waals surface area (Å²) in [6.07, 6.45) is 1.01. The van der Waals surface area contributed by atoms with Gasteiger partial charge in [0.2, 0.25) is 0 Å². The number of ether oxygens (including phenoxy) is 2. The van der Waals surface area contributed by atoms with Gasteiger partial charge in [0, 0.05) is 5.56 Å². The third kappa shape index (κ3) is 4.89. The zero-order chi connectivity index (χ0) is 19.2. The summed E-state index contributed by atoms with van der Waals surface area (Å²) in [7, 11) is 1.59. The number of carbonyl (C=O) groups is 1. The highest BCUT2D eigenvalue weighted by Gasteiger charge is 2.13. The van der Waals surface area contributed by atoms with Crippen LogP contribution in [0.3, 0.4) is 0 Å². The lowest BCUT2D eigenvalue weighted by Crippen LogP contribution is -2.11. The second-order valence-corrected chi connectivity index (χ2v) is 7.17. The number of aryl methyl sites for hydroxylation is 2. The largest absolute Gasteiger partial charge is 0.495 e. The number of nitrogens with one attached hydrogen (secondary N) is 1. The average molecular weight is 381 g/mol. The van der Waals surface area contributed by atoms with Crippen molar-refractivity contribution >= 4 is 22.9 Å². The molecule has 0 atom stereocenters. The standard InChI is InChI=1S/C22H23NO3S/c1-4-16-6-8-18(9-7-16)26-13-17-12-21(27-14-17)22(24)23-19-11-15(2)5-10-20(19)25-3/h5-12,14H,4,13H2,1-3H3,(H,23,24). The first kappa shape index (κ1) is 19.0. The fourth-order valence-electron chi connectivity index (χ4n) is 2.66. The van der Waals surface area contributed by atoms with Crippen molar-refractivity contribution in [1.29, 1.82) is 0 Å². The highest BCUT2D eigenvalue weighted by molar-refractivity contribution is 7.12. The molecule has 140 valence electrons. The van der Waals surface area contributed by atoms with Crippen LogP contribution in [0.4, 0.5) is 5.69 Å². The van der Waals surface area contributed by atoms with Crippen molar-refractivity contribution in [2.24, 2.45) is 0 Å². The quantitative estimate of drug-likeness (QED) is 0.591. The van der Waals surface area contributed by atoms with E-state index in [0.717, 1.165) is 23.3 Å². The highest BCUT2D eigenvalue weighted by Crippen LogP contribution is 2.27. The lowest BCUT2D eigenvalue weighted by atomic mass is 10.2. The molecule has 27 heavy (non-hydrogen) atoms. The van der Waals surface area contributed by atoms with Crippen LogP contribution >= 0.6 is 11.3 Å². The van der Waals surface area contributed by atoms with Gasteiger partial charge < -0.3 is 14.8 Å². The van der Waals surface area contributed by atoms with Gasteiger partial charge in [-0.3, -0.25) is 4.79 Å². The van der Waals surface area contributed by atoms with E-state index in [2.05, 4.69) is 24.4 Å². The van der Waals surface area contributed by atoms with Crippen LogP contribution in [0.1, 0.15) is 33.3 Å². The first-order valence-electron chi connectivity index (χ1n) is 8.84. The number of methoxy groups -OCH3 is 1. The summed E-state index contributed by atoms with van der Waals surface area (Å²) in [5, 5.41) is 4.87. The molecular formula is C22H23NO3S. The molecule has 3 aromatic rings. The minimum Gasteiger partial charge on any atom is -0.495 e. The van der Waals surface area contributed by atoms with E-state index in [9.17, 15) is 4.79 Å². The third-order valence-electron chi connectivity index (χ3n) is 4.22. The fourth-order valence-corrected chi connectivity index (χ4v) is 3.45. The van der Waals surface area contributed by atoms with Crippen molar-refractivity contribution in [3.8, 4) is 11.5 Å². The Balaban J connectivity index is 1.62. The number of amides is 1. The van der Waals surface area contributed by atoms with E-state index in [1.54, 1.807) is 7.11 Å². The zero-order valence-electron chi connectivity index (χ0n) is 15.7. The maximum atomic E-state index is 12.6. The van der Waals surface area contributed by atoms with Gasteiger partial charge in [-0.05, 0) is 60.2 Å². The molecular weight excluding hydrogens is 358 g/mol. The van der Waals surface area contributed by atoms with Gasteiger partial charge in [0.05, 0.1) is 17.7 Å². The molecule has 1 N–H and O–H groups in total. The summed E-state index contributed by atoms with van der Waals surface area (Å²) >= 11 is 1.40. The molecule has 0 unspecified atom stereocenters. The van der Waals surface area contributed by atoms with E-state index < -0.39 is 0 Å². The Bertz CT molecular complexity index is 916. The first-order chi connectivity index (χ1) is 13.1. The third-order valence-corrected chi connectivity index (χ3v) is 5.20. The van der Waals surface area contributed by atoms with Crippen LogP contribution in [0.15, 0.2) is 53.9 Å². The normalized spacial score (nSPS) is 10.5. The van der Waals surface area contributed by atoms with Crippen molar-refractivity contribution in [3.63, 3.8) is 0 Å². The molecule has 0 aliphatic carbocycles. The summed E-state index contributed by atoms with van der Waals surface area (Å²) in [6, 6.07) is 15.6. The van der Waals surface area contributed by atoms with E-state index in [1.807, 2.05) is 48.7 Å². The smallest absolute Gasteiger partial charge is 0.265 e. The fraction of sp³-hybridized carbons (Fsp3) is 0.227. The summed E-state index contributed by atoms with van der Waals surface area (Å²) in [5.41, 5.74) is 3.98. The van der Waals surface area contributed by atoms with Gasteiger partial charge in [0.25, 0.3) is 5.91 Å². The Morgan fingerprint density at radius 2 is 1.85 bits per heavy atom. The topological polar surface area (TPSA) is 47.6 Å². The van der Waals surface area contributed by atoms with E-state index in [1.165, 1.54) is 16.9 Å². The average Bonchev–Trinajstić information content (AvgIpc) is 3.16. The van der Waals surface area contributed by atoms with Crippen LogP contribution in [-0.4, -0.2) is 13.0 Å². The van der Waals surface area contributed by atoms with Gasteiger partial charge in [-0.25, -0.2) is 0 Å². The lowest BCUT2D eigenvalue weighted by molar-refractivity contribution is 0.103. The summed E-state index contributed by atoms with van der Waals surface area (Å²) < 4.78 is 11.1. The number of carbonyl (C=O) groups excluding carboxylic acids is 1. The number of anilines is 1. The van der Waals surface area contributed by atoms with E-state index >= 15 is 0 Å². The molecule has 4 nitrogen and oxygen atoms in total. The summed E-state index contributed by atoms with van der Waals surface area (Å²) in [6.45, 7) is 4.53. The second kappa shape index (κ2) is 8.73. The minimum absolute atomic E-state index is 0.151. The second-order valence-electron chi connectivity index (χ2n) is 6.26. The van der Waals surface area contributed by atoms with Crippen molar-refractivity contribution in [2.45, 2.75) is 26.9 Å². The van der Waals surface area contributed by atoms with Gasteiger partial charge in [-0.1, -0.05) is 25.1 Å². The molecule has 2 aromatic carbocycles. The van der Waals surface area contributed by atoms with E-state index in [4.69, 9.17) is 9.47 Å². The molecule has 0 saturated heterocycles. The molecule has 1 heterocycles. The Labute approximate surface area is 163 Å². The van der Waals surface area contributed by atoms with Crippen molar-refractivity contribution in [1.82, 2.24) is 0 Å². The molecule has 3 rings (SSSR count). The van der Waals surface area contributed by atoms with Gasteiger partial charge in [0.1, 0.15) is 18.1 Å². The molecule has 0 fully saturated rings. The molecule has 1 aromatic heterocycles. The molecule has 0 bridgehead atoms. The monoisotopic (exact) mass is 381 g/mol. The van der Waals surface area contributed by atoms with Crippen LogP contribution in [-0.2, 0) is 13.0 Å². The molecule has 1 amide bonds. The van der Waals surface area contributed by atoms with Crippen LogP contribution in [0.2, 0.25) is 0 Å². The molecule has 0 aliphatic heterocycles. The van der Waals surface area contributed by atoms with Crippen LogP contribution in [0.5, 0.6) is 11.5 Å². The van der Waals surface area contributed by atoms with Gasteiger partial charge >= 0.3 is 0 Å². The van der Waals surface area contributed by atoms with E-state index in [0.29, 0.717) is 22.9 Å². The van der Waals surface area contributed by atoms with Gasteiger partial charge in [-0.15, -0.1) is 11.3 Å². The summed E-state index contributed by atoms with van der Waals surface area (Å²) in [4.78, 5) is 13.2. The Morgan fingerprint density at radius 1 is 1.07 bits per heavy atom. The Morgan fingerprint density at radius 3 is 2.56 bits per heavy atom. The van der Waals surface area contributed by atoms with E-state index in [-0.39, 0.29) is 5.91 Å². The molecule has 0 radical (unpaired) electrons. The van der Waals surface area contributed by atoms with Crippen molar-refractivity contribution < 1.29 is 14.3 Å². The van der Waals surface area contributed by atoms with Crippen molar-refractivity contribution in [2.75, 3.05) is 12.4 Å². The zero-order valence-corrected chi connectivity index (χ0v) is 16.6. The lowest BCUT2D eigenvalue weighted by Gasteiger charge is -2.10. The number of rotatable bonds is 7. The van der Waals surface area contributed by atoms with Crippen LogP contribution in [0, 0.1) is 6.92 Å². The predicted octanol–water partition coefficient (Wildman–Crippen LogP) is 5.46. The minimum atomic E-state index is -0.151. The van der Waals surface area contributed by atoms with Gasteiger partial charge in [0.15, 0.2) is 0 Å². The Hall–Kier alpha value is -2.79. The SMILES string of the molecule is CCc1ccc(OCc2csc(C(=O)Nc3cc(C)ccc3OC)c2)cc1. The van der Waals surface area contributed by atoms with Gasteiger partial charge in [-0.2, -0.15) is 0 Å². The maximum absolute atomic E-state index is 12.6. The maximum Gasteiger partial charge on any atom is 0.265 e. The predicted molar refractivity (Wildman–Crippen MR) is 110 cm³/mol. The number of thiophene rings is 1. The summed E-state index contributed by atoms with van der Waals surface area (Å²) in [5.74, 6) is 1.32. The molecule has 0 spiro atoms. The van der Waals surface area contributed by atoms with Crippen LogP contribution in [0.25, 0.3) is 0 Å². The first-order valence-corrected chi connectivity index (χ1v) is 9.72. The molecule has 5 heteroatoms. The van der Waals surface area contributed by atoms with Crippen LogP contribution < -0.4 is 14.8 Å².